The highest BCUT2D eigenvalue weighted by molar-refractivity contribution is 5.79. The van der Waals surface area contributed by atoms with E-state index < -0.39 is 0 Å². The minimum atomic E-state index is 0.326. The minimum Gasteiger partial charge on any atom is -0.289 e. The first-order chi connectivity index (χ1) is 3.89. The van der Waals surface area contributed by atoms with Gasteiger partial charge in [-0.1, -0.05) is 0 Å². The lowest BCUT2D eigenvalue weighted by molar-refractivity contribution is -0.769. The molecular formula is C5H7N2O+. The molecule has 1 aliphatic heterocycles. The van der Waals surface area contributed by atoms with E-state index >= 15 is 0 Å². The second-order valence-corrected chi connectivity index (χ2v) is 1.45. The highest BCUT2D eigenvalue weighted by atomic mass is 16.5. The number of rotatable bonds is 0. The van der Waals surface area contributed by atoms with E-state index in [1.807, 2.05) is 0 Å². The quantitative estimate of drug-likeness (QED) is 0.348. The molecule has 0 aliphatic carbocycles. The van der Waals surface area contributed by atoms with Crippen molar-refractivity contribution in [2.75, 3.05) is 6.67 Å². The largest absolute Gasteiger partial charge is 0.289 e. The predicted octanol–water partition coefficient (Wildman–Crippen LogP) is 0.0570. The highest BCUT2D eigenvalue weighted by Crippen LogP contribution is 1.75. The van der Waals surface area contributed by atoms with Crippen molar-refractivity contribution in [3.05, 3.63) is 12.2 Å². The Morgan fingerprint density at radius 1 is 1.50 bits per heavy atom. The van der Waals surface area contributed by atoms with Crippen LogP contribution in [0.4, 0.5) is 0 Å². The molecule has 0 aromatic heterocycles. The molecule has 0 saturated carbocycles. The summed E-state index contributed by atoms with van der Waals surface area (Å²) in [5, 5.41) is 8.70. The zero-order valence-electron chi connectivity index (χ0n) is 4.36. The topological polar surface area (TPSA) is 35.6 Å². The summed E-state index contributed by atoms with van der Waals surface area (Å²) in [7, 11) is 0. The van der Waals surface area contributed by atoms with Gasteiger partial charge in [0.15, 0.2) is 0 Å². The van der Waals surface area contributed by atoms with E-state index in [0.717, 1.165) is 4.74 Å². The number of hydrogen-bond donors (Lipinski definition) is 1. The van der Waals surface area contributed by atoms with Crippen LogP contribution in [0.2, 0.25) is 0 Å². The standard InChI is InChI=1S/C5H7N2O/c8-7-4-2-1-3-6-5-7/h1-4,8H,5H2/q+1. The zero-order valence-corrected chi connectivity index (χ0v) is 4.36. The molecular weight excluding hydrogens is 104 g/mol. The maximum atomic E-state index is 8.70. The molecule has 0 fully saturated rings. The predicted molar refractivity (Wildman–Crippen MR) is 30.6 cm³/mol. The Labute approximate surface area is 47.3 Å². The molecule has 0 aromatic carbocycles. The Kier molecular flexibility index (Phi) is 1.42. The molecule has 0 atom stereocenters. The number of aliphatic imine (C=N–C) groups is 1. The summed E-state index contributed by atoms with van der Waals surface area (Å²) < 4.78 is 1.01. The maximum Gasteiger partial charge on any atom is 0.283 e. The van der Waals surface area contributed by atoms with Gasteiger partial charge in [0.25, 0.3) is 6.67 Å². The van der Waals surface area contributed by atoms with Gasteiger partial charge >= 0.3 is 0 Å². The molecule has 1 N–H and O–H groups in total. The van der Waals surface area contributed by atoms with E-state index in [-0.39, 0.29) is 0 Å². The molecule has 8 heavy (non-hydrogen) atoms. The van der Waals surface area contributed by atoms with E-state index in [2.05, 4.69) is 4.99 Å². The summed E-state index contributed by atoms with van der Waals surface area (Å²) in [6.45, 7) is 0.326. The Balaban J connectivity index is 2.69. The van der Waals surface area contributed by atoms with Gasteiger partial charge in [0.2, 0.25) is 6.21 Å². The Morgan fingerprint density at radius 2 is 2.38 bits per heavy atom. The normalized spacial score (nSPS) is 17.8. The average molecular weight is 111 g/mol. The van der Waals surface area contributed by atoms with Gasteiger partial charge in [-0.2, -0.15) is 0 Å². The van der Waals surface area contributed by atoms with E-state index in [0.29, 0.717) is 6.67 Å². The molecule has 1 heterocycles. The van der Waals surface area contributed by atoms with Crippen LogP contribution in [-0.2, 0) is 0 Å². The summed E-state index contributed by atoms with van der Waals surface area (Å²) in [5.41, 5.74) is 0. The molecule has 0 saturated heterocycles. The van der Waals surface area contributed by atoms with E-state index in [9.17, 15) is 0 Å². The van der Waals surface area contributed by atoms with Gasteiger partial charge in [-0.25, -0.2) is 4.99 Å². The van der Waals surface area contributed by atoms with Crippen LogP contribution in [0.25, 0.3) is 0 Å². The van der Waals surface area contributed by atoms with Crippen molar-refractivity contribution in [3.63, 3.8) is 0 Å². The van der Waals surface area contributed by atoms with E-state index in [1.165, 1.54) is 0 Å². The van der Waals surface area contributed by atoms with Gasteiger partial charge in [-0.05, 0) is 10.8 Å². The lowest BCUT2D eigenvalue weighted by Gasteiger charge is -1.79. The Bertz CT molecular complexity index is 158. The lowest BCUT2D eigenvalue weighted by Crippen LogP contribution is -2.04. The average Bonchev–Trinajstić information content (AvgIpc) is 1.94. The summed E-state index contributed by atoms with van der Waals surface area (Å²) >= 11 is 0. The van der Waals surface area contributed by atoms with Crippen molar-refractivity contribution in [2.45, 2.75) is 0 Å². The number of hydroxylamine groups is 1. The molecule has 1 aliphatic rings. The monoisotopic (exact) mass is 111 g/mol. The molecule has 3 heteroatoms. The van der Waals surface area contributed by atoms with E-state index in [1.54, 1.807) is 24.6 Å². The van der Waals surface area contributed by atoms with Crippen molar-refractivity contribution in [2.24, 2.45) is 4.99 Å². The lowest BCUT2D eigenvalue weighted by atomic mass is 10.5. The summed E-state index contributed by atoms with van der Waals surface area (Å²) in [6, 6.07) is 0. The summed E-state index contributed by atoms with van der Waals surface area (Å²) in [6.07, 6.45) is 6.67. The molecule has 3 nitrogen and oxygen atoms in total. The second-order valence-electron chi connectivity index (χ2n) is 1.45. The van der Waals surface area contributed by atoms with Crippen LogP contribution in [0.3, 0.4) is 0 Å². The Morgan fingerprint density at radius 3 is 3.25 bits per heavy atom. The van der Waals surface area contributed by atoms with Gasteiger partial charge in [0, 0.05) is 12.3 Å². The van der Waals surface area contributed by atoms with Crippen LogP contribution < -0.4 is 0 Å². The molecule has 0 radical (unpaired) electrons. The first-order valence-corrected chi connectivity index (χ1v) is 2.35. The molecule has 0 aromatic rings. The van der Waals surface area contributed by atoms with Crippen molar-refractivity contribution in [1.29, 1.82) is 0 Å². The van der Waals surface area contributed by atoms with Crippen LogP contribution in [0, 0.1) is 0 Å². The molecule has 1 rings (SSSR count). The smallest absolute Gasteiger partial charge is 0.283 e. The Hall–Kier alpha value is -1.12. The summed E-state index contributed by atoms with van der Waals surface area (Å²) in [4.78, 5) is 3.78. The van der Waals surface area contributed by atoms with Gasteiger partial charge in [-0.3, -0.25) is 5.21 Å². The number of allylic oxidation sites excluding steroid dienone is 2. The van der Waals surface area contributed by atoms with Gasteiger partial charge in [0.05, 0.1) is 0 Å². The molecule has 0 amide bonds. The first kappa shape index (κ1) is 5.03. The fourth-order valence-corrected chi connectivity index (χ4v) is 0.438. The van der Waals surface area contributed by atoms with Crippen LogP contribution in [-0.4, -0.2) is 29.0 Å². The summed E-state index contributed by atoms with van der Waals surface area (Å²) in [5.74, 6) is 0. The van der Waals surface area contributed by atoms with Crippen molar-refractivity contribution in [3.8, 4) is 0 Å². The maximum absolute atomic E-state index is 8.70. The van der Waals surface area contributed by atoms with Crippen LogP contribution in [0.5, 0.6) is 0 Å². The third-order valence-electron chi connectivity index (χ3n) is 0.787. The van der Waals surface area contributed by atoms with Crippen LogP contribution in [0.15, 0.2) is 17.1 Å². The molecule has 0 unspecified atom stereocenters. The third-order valence-corrected chi connectivity index (χ3v) is 0.787. The molecule has 0 spiro atoms. The number of nitrogens with zero attached hydrogens (tertiary/aromatic N) is 2. The zero-order chi connectivity index (χ0) is 5.82. The third kappa shape index (κ3) is 1.18. The van der Waals surface area contributed by atoms with Crippen molar-refractivity contribution >= 4 is 12.4 Å². The first-order valence-electron chi connectivity index (χ1n) is 2.35. The molecule has 42 valence electrons. The van der Waals surface area contributed by atoms with Crippen LogP contribution in [0.1, 0.15) is 0 Å². The van der Waals surface area contributed by atoms with Crippen LogP contribution >= 0.6 is 0 Å². The minimum absolute atomic E-state index is 0.326. The highest BCUT2D eigenvalue weighted by Gasteiger charge is 1.93. The van der Waals surface area contributed by atoms with Gasteiger partial charge < -0.3 is 0 Å². The van der Waals surface area contributed by atoms with Crippen molar-refractivity contribution < 1.29 is 9.95 Å². The van der Waals surface area contributed by atoms with Crippen molar-refractivity contribution in [1.82, 2.24) is 0 Å². The fraction of sp³-hybridized carbons (Fsp3) is 0.200. The van der Waals surface area contributed by atoms with Gasteiger partial charge in [0.1, 0.15) is 0 Å². The SMILES string of the molecule is O[N+]1=CC=CC=NC1. The fourth-order valence-electron chi connectivity index (χ4n) is 0.438. The second kappa shape index (κ2) is 2.26. The molecule has 0 bridgehead atoms. The van der Waals surface area contributed by atoms with Gasteiger partial charge in [-0.15, -0.1) is 0 Å². The van der Waals surface area contributed by atoms with E-state index in [4.69, 9.17) is 5.21 Å². The number of hydrogen-bond acceptors (Lipinski definition) is 2.